The molecule has 3 N–H and O–H groups in total. The van der Waals surface area contributed by atoms with Crippen molar-refractivity contribution in [3.8, 4) is 0 Å². The van der Waals surface area contributed by atoms with Crippen LogP contribution in [0.25, 0.3) is 10.2 Å². The number of aryl methyl sites for hydroxylation is 1. The number of hydrogen-bond acceptors (Lipinski definition) is 6. The van der Waals surface area contributed by atoms with Gasteiger partial charge in [-0.3, -0.25) is 5.32 Å². The van der Waals surface area contributed by atoms with Crippen LogP contribution >= 0.6 is 11.3 Å². The Morgan fingerprint density at radius 3 is 2.92 bits per heavy atom. The number of nitrogens with one attached hydrogen (secondary N) is 1. The van der Waals surface area contributed by atoms with Gasteiger partial charge in [-0.05, 0) is 43.9 Å². The van der Waals surface area contributed by atoms with E-state index in [-0.39, 0.29) is 11.8 Å². The number of rotatable bonds is 1. The number of hydrogen-bond donors (Lipinski definition) is 2. The molecule has 130 valence electrons. The fourth-order valence-corrected chi connectivity index (χ4v) is 5.95. The molecule has 2 bridgehead atoms. The molecule has 2 atom stereocenters. The first-order chi connectivity index (χ1) is 12.0. The second-order valence-electron chi connectivity index (χ2n) is 8.31. The van der Waals surface area contributed by atoms with Crippen LogP contribution in [0.5, 0.6) is 0 Å². The summed E-state index contributed by atoms with van der Waals surface area (Å²) < 4.78 is 7.58. The number of thiazole rings is 1. The summed E-state index contributed by atoms with van der Waals surface area (Å²) in [6.45, 7) is 2.10. The third-order valence-corrected chi connectivity index (χ3v) is 7.32. The number of benzene rings is 1. The quantitative estimate of drug-likeness (QED) is 0.773. The SMILES string of the molecule is BC12CCC(CC1)[C@@]1(C2)OC(Nc2nc3ccc(C)cc3s2)=NC1N. The van der Waals surface area contributed by atoms with E-state index in [0.29, 0.717) is 17.3 Å². The van der Waals surface area contributed by atoms with Gasteiger partial charge in [0.05, 0.1) is 10.2 Å². The maximum absolute atomic E-state index is 6.46. The minimum Gasteiger partial charge on any atom is -0.454 e. The highest BCUT2D eigenvalue weighted by Crippen LogP contribution is 2.60. The molecule has 3 aliphatic carbocycles. The van der Waals surface area contributed by atoms with Crippen molar-refractivity contribution in [2.24, 2.45) is 16.6 Å². The van der Waals surface area contributed by atoms with E-state index >= 15 is 0 Å². The number of aliphatic imine (C=N–C) groups is 1. The third-order valence-electron chi connectivity index (χ3n) is 6.39. The average Bonchev–Trinajstić information content (AvgIpc) is 3.08. The first kappa shape index (κ1) is 15.6. The molecule has 1 spiro atoms. The fourth-order valence-electron chi connectivity index (χ4n) is 4.99. The predicted molar refractivity (Wildman–Crippen MR) is 105 cm³/mol. The summed E-state index contributed by atoms with van der Waals surface area (Å²) >= 11 is 1.63. The number of amidine groups is 1. The van der Waals surface area contributed by atoms with Gasteiger partial charge in [0.1, 0.15) is 14.0 Å². The molecule has 25 heavy (non-hydrogen) atoms. The summed E-state index contributed by atoms with van der Waals surface area (Å²) in [5, 5.41) is 4.45. The Bertz CT molecular complexity index is 873. The van der Waals surface area contributed by atoms with Crippen LogP contribution in [0.2, 0.25) is 5.31 Å². The smallest absolute Gasteiger partial charge is 0.293 e. The molecule has 0 amide bonds. The Balaban J connectivity index is 1.39. The van der Waals surface area contributed by atoms with Crippen molar-refractivity contribution in [2.45, 2.75) is 56.1 Å². The van der Waals surface area contributed by atoms with Gasteiger partial charge in [0.2, 0.25) is 0 Å². The van der Waals surface area contributed by atoms with Crippen molar-refractivity contribution in [2.75, 3.05) is 5.32 Å². The maximum atomic E-state index is 6.46. The molecule has 6 rings (SSSR count). The highest BCUT2D eigenvalue weighted by atomic mass is 32.1. The molecule has 1 aromatic heterocycles. The van der Waals surface area contributed by atoms with Gasteiger partial charge in [-0.25, -0.2) is 9.98 Å². The minimum atomic E-state index is -0.319. The Hall–Kier alpha value is -1.60. The lowest BCUT2D eigenvalue weighted by molar-refractivity contribution is -0.0796. The second-order valence-corrected chi connectivity index (χ2v) is 9.34. The zero-order valence-electron chi connectivity index (χ0n) is 14.7. The van der Waals surface area contributed by atoms with E-state index < -0.39 is 0 Å². The lowest BCUT2D eigenvalue weighted by Crippen LogP contribution is -2.58. The van der Waals surface area contributed by atoms with Crippen molar-refractivity contribution in [3.05, 3.63) is 23.8 Å². The highest BCUT2D eigenvalue weighted by molar-refractivity contribution is 7.22. The summed E-state index contributed by atoms with van der Waals surface area (Å²) in [6, 6.07) is 6.83. The Labute approximate surface area is 152 Å². The monoisotopic (exact) mass is 354 g/mol. The highest BCUT2D eigenvalue weighted by Gasteiger charge is 2.59. The van der Waals surface area contributed by atoms with Crippen LogP contribution in [0.15, 0.2) is 23.2 Å². The van der Waals surface area contributed by atoms with Crippen molar-refractivity contribution >= 4 is 40.6 Å². The number of fused-ring (bicyclic) bond motifs is 3. The van der Waals surface area contributed by atoms with E-state index in [0.717, 1.165) is 17.1 Å². The maximum Gasteiger partial charge on any atom is 0.293 e. The van der Waals surface area contributed by atoms with Crippen molar-refractivity contribution in [3.63, 3.8) is 0 Å². The van der Waals surface area contributed by atoms with E-state index in [1.807, 2.05) is 0 Å². The molecule has 3 fully saturated rings. The molecule has 0 radical (unpaired) electrons. The largest absolute Gasteiger partial charge is 0.454 e. The molecule has 4 aliphatic rings. The minimum absolute atomic E-state index is 0.281. The van der Waals surface area contributed by atoms with Gasteiger partial charge in [0.15, 0.2) is 10.7 Å². The Morgan fingerprint density at radius 2 is 2.16 bits per heavy atom. The number of nitrogens with two attached hydrogens (primary N) is 1. The number of nitrogens with zero attached hydrogens (tertiary/aromatic N) is 2. The predicted octanol–water partition coefficient (Wildman–Crippen LogP) is 2.81. The van der Waals surface area contributed by atoms with E-state index in [2.05, 4.69) is 48.3 Å². The van der Waals surface area contributed by atoms with E-state index in [4.69, 9.17) is 10.5 Å². The van der Waals surface area contributed by atoms with Crippen LogP contribution in [0.1, 0.15) is 37.7 Å². The molecule has 3 saturated carbocycles. The third kappa shape index (κ3) is 2.40. The van der Waals surface area contributed by atoms with Crippen LogP contribution < -0.4 is 11.1 Å². The normalized spacial score (nSPS) is 36.6. The lowest BCUT2D eigenvalue weighted by atomic mass is 9.46. The summed E-state index contributed by atoms with van der Waals surface area (Å²) in [4.78, 5) is 9.27. The summed E-state index contributed by atoms with van der Waals surface area (Å²) in [6.07, 6.45) is 5.71. The molecule has 2 aromatic rings. The summed E-state index contributed by atoms with van der Waals surface area (Å²) in [5.41, 5.74) is 8.38. The first-order valence-corrected chi connectivity index (χ1v) is 9.94. The Kier molecular flexibility index (Phi) is 3.26. The number of aromatic nitrogens is 1. The molecule has 5 nitrogen and oxygen atoms in total. The lowest BCUT2D eigenvalue weighted by Gasteiger charge is -2.55. The summed E-state index contributed by atoms with van der Waals surface area (Å²) in [5.74, 6) is 0.519. The summed E-state index contributed by atoms with van der Waals surface area (Å²) in [7, 11) is 2.38. The van der Waals surface area contributed by atoms with Gasteiger partial charge in [0.25, 0.3) is 6.02 Å². The average molecular weight is 354 g/mol. The van der Waals surface area contributed by atoms with Gasteiger partial charge < -0.3 is 10.5 Å². The van der Waals surface area contributed by atoms with E-state index in [1.54, 1.807) is 11.3 Å². The molecule has 1 unspecified atom stereocenters. The molecule has 2 heterocycles. The van der Waals surface area contributed by atoms with Gasteiger partial charge in [0, 0.05) is 5.92 Å². The van der Waals surface area contributed by atoms with E-state index in [9.17, 15) is 0 Å². The van der Waals surface area contributed by atoms with Gasteiger partial charge in [-0.15, -0.1) is 0 Å². The van der Waals surface area contributed by atoms with E-state index in [1.165, 1.54) is 35.9 Å². The molecule has 1 aromatic carbocycles. The fraction of sp³-hybridized carbons (Fsp3) is 0.556. The van der Waals surface area contributed by atoms with Crippen LogP contribution in [0.4, 0.5) is 5.13 Å². The second kappa shape index (κ2) is 5.21. The van der Waals surface area contributed by atoms with Crippen molar-refractivity contribution < 1.29 is 4.74 Å². The molecule has 0 saturated heterocycles. The molecule has 1 aliphatic heterocycles. The first-order valence-electron chi connectivity index (χ1n) is 9.12. The molecular weight excluding hydrogens is 331 g/mol. The standard InChI is InChI=1S/C18H23BN4OS/c1-10-2-3-12-13(8-10)25-16(21-12)23-15-22-14(20)18(24-15)9-17(19)6-4-11(18)5-7-17/h2-3,8,11,14H,4-7,9,19-20H2,1H3,(H,21,22,23)/t11?,14?,17?,18-/m1/s1. The molecular formula is C18H23BN4OS. The van der Waals surface area contributed by atoms with Crippen LogP contribution in [-0.2, 0) is 4.74 Å². The van der Waals surface area contributed by atoms with Crippen molar-refractivity contribution in [1.29, 1.82) is 0 Å². The number of ether oxygens (including phenoxy) is 1. The van der Waals surface area contributed by atoms with Crippen LogP contribution in [-0.4, -0.2) is 30.6 Å². The van der Waals surface area contributed by atoms with Gasteiger partial charge >= 0.3 is 0 Å². The van der Waals surface area contributed by atoms with Gasteiger partial charge in [-0.1, -0.05) is 35.6 Å². The Morgan fingerprint density at radius 1 is 1.36 bits per heavy atom. The zero-order chi connectivity index (χ0) is 17.2. The van der Waals surface area contributed by atoms with Gasteiger partial charge in [-0.2, -0.15) is 0 Å². The van der Waals surface area contributed by atoms with Crippen LogP contribution in [0.3, 0.4) is 0 Å². The van der Waals surface area contributed by atoms with Crippen LogP contribution in [0, 0.1) is 12.8 Å². The number of anilines is 1. The topological polar surface area (TPSA) is 72.5 Å². The zero-order valence-corrected chi connectivity index (χ0v) is 15.5. The van der Waals surface area contributed by atoms with Crippen molar-refractivity contribution in [1.82, 2.24) is 4.98 Å². The molecule has 7 heteroatoms.